The van der Waals surface area contributed by atoms with Gasteiger partial charge in [0.05, 0.1) is 25.6 Å². The lowest BCUT2D eigenvalue weighted by Crippen LogP contribution is -2.15. The molecule has 1 heterocycles. The van der Waals surface area contributed by atoms with E-state index in [9.17, 15) is 4.79 Å². The summed E-state index contributed by atoms with van der Waals surface area (Å²) in [6.45, 7) is 0. The number of nitrogens with one attached hydrogen (secondary N) is 1. The molecular formula is C23H18Cl2N4O3. The van der Waals surface area contributed by atoms with Crippen LogP contribution in [0.25, 0.3) is 17.1 Å². The van der Waals surface area contributed by atoms with Crippen molar-refractivity contribution >= 4 is 34.8 Å². The standard InChI is InChI=1S/C23H18Cl2N4O3/c1-31-18-11-12-20(32-2)19(13-18)26-23(30)21-27-22(14-3-5-15(24)6-4-14)29(28-21)17-9-7-16(25)8-10-17/h3-13H,1-2H3,(H,26,30). The maximum absolute atomic E-state index is 13.0. The normalized spacial score (nSPS) is 10.6. The average molecular weight is 469 g/mol. The molecule has 0 aliphatic heterocycles. The minimum atomic E-state index is -0.500. The van der Waals surface area contributed by atoms with Gasteiger partial charge in [-0.25, -0.2) is 9.67 Å². The molecule has 32 heavy (non-hydrogen) atoms. The Kier molecular flexibility index (Phi) is 6.30. The molecule has 0 saturated carbocycles. The number of ether oxygens (including phenoxy) is 2. The van der Waals surface area contributed by atoms with Gasteiger partial charge in [0.15, 0.2) is 5.82 Å². The minimum absolute atomic E-state index is 0.0187. The first kappa shape index (κ1) is 21.7. The Balaban J connectivity index is 1.75. The van der Waals surface area contributed by atoms with Crippen LogP contribution in [0, 0.1) is 0 Å². The molecule has 7 nitrogen and oxygen atoms in total. The molecule has 0 atom stereocenters. The zero-order valence-electron chi connectivity index (χ0n) is 17.2. The van der Waals surface area contributed by atoms with E-state index in [-0.39, 0.29) is 5.82 Å². The Hall–Kier alpha value is -3.55. The monoisotopic (exact) mass is 468 g/mol. The second kappa shape index (κ2) is 9.30. The van der Waals surface area contributed by atoms with E-state index >= 15 is 0 Å². The van der Waals surface area contributed by atoms with Crippen molar-refractivity contribution in [2.75, 3.05) is 19.5 Å². The summed E-state index contributed by atoms with van der Waals surface area (Å²) < 4.78 is 12.1. The number of rotatable bonds is 6. The summed E-state index contributed by atoms with van der Waals surface area (Å²) in [6.07, 6.45) is 0. The fourth-order valence-corrected chi connectivity index (χ4v) is 3.30. The zero-order valence-corrected chi connectivity index (χ0v) is 18.7. The Morgan fingerprint density at radius 1 is 0.906 bits per heavy atom. The van der Waals surface area contributed by atoms with Gasteiger partial charge in [-0.2, -0.15) is 0 Å². The molecule has 0 saturated heterocycles. The first-order chi connectivity index (χ1) is 15.5. The predicted molar refractivity (Wildman–Crippen MR) is 124 cm³/mol. The molecule has 1 amide bonds. The molecule has 162 valence electrons. The second-order valence-electron chi connectivity index (χ2n) is 6.67. The van der Waals surface area contributed by atoms with Crippen molar-refractivity contribution in [1.82, 2.24) is 14.8 Å². The molecule has 3 aromatic carbocycles. The molecule has 1 aromatic heterocycles. The number of halogens is 2. The molecule has 9 heteroatoms. The van der Waals surface area contributed by atoms with Crippen LogP contribution in [0.5, 0.6) is 11.5 Å². The number of methoxy groups -OCH3 is 2. The third kappa shape index (κ3) is 4.54. The summed E-state index contributed by atoms with van der Waals surface area (Å²) in [5.74, 6) is 1.01. The van der Waals surface area contributed by atoms with Crippen LogP contribution in [0.15, 0.2) is 66.7 Å². The molecule has 0 aliphatic carbocycles. The highest BCUT2D eigenvalue weighted by molar-refractivity contribution is 6.30. The first-order valence-corrected chi connectivity index (χ1v) is 10.3. The minimum Gasteiger partial charge on any atom is -0.497 e. The number of carbonyl (C=O) groups is 1. The van der Waals surface area contributed by atoms with Gasteiger partial charge in [-0.15, -0.1) is 5.10 Å². The smallest absolute Gasteiger partial charge is 0.295 e. The topological polar surface area (TPSA) is 78.3 Å². The Bertz CT molecular complexity index is 1190. The second-order valence-corrected chi connectivity index (χ2v) is 7.55. The number of aromatic nitrogens is 3. The molecular weight excluding hydrogens is 451 g/mol. The molecule has 0 spiro atoms. The lowest BCUT2D eigenvalue weighted by Gasteiger charge is -2.10. The van der Waals surface area contributed by atoms with Crippen molar-refractivity contribution in [2.45, 2.75) is 0 Å². The van der Waals surface area contributed by atoms with Gasteiger partial charge in [0, 0.05) is 21.7 Å². The van der Waals surface area contributed by atoms with Crippen LogP contribution in [0.4, 0.5) is 5.69 Å². The summed E-state index contributed by atoms with van der Waals surface area (Å²) in [6, 6.07) is 19.3. The Morgan fingerprint density at radius 2 is 1.56 bits per heavy atom. The number of nitrogens with zero attached hydrogens (tertiary/aromatic N) is 3. The van der Waals surface area contributed by atoms with Gasteiger partial charge in [-0.1, -0.05) is 23.2 Å². The van der Waals surface area contributed by atoms with E-state index in [0.29, 0.717) is 38.7 Å². The summed E-state index contributed by atoms with van der Waals surface area (Å²) in [4.78, 5) is 17.5. The summed E-state index contributed by atoms with van der Waals surface area (Å²) in [7, 11) is 3.06. The van der Waals surface area contributed by atoms with Gasteiger partial charge in [-0.3, -0.25) is 4.79 Å². The van der Waals surface area contributed by atoms with Crippen LogP contribution in [0.1, 0.15) is 10.6 Å². The lowest BCUT2D eigenvalue weighted by atomic mass is 10.2. The van der Waals surface area contributed by atoms with E-state index in [1.165, 1.54) is 7.11 Å². The van der Waals surface area contributed by atoms with E-state index < -0.39 is 5.91 Å². The van der Waals surface area contributed by atoms with E-state index in [0.717, 1.165) is 5.56 Å². The molecule has 0 fully saturated rings. The highest BCUT2D eigenvalue weighted by Crippen LogP contribution is 2.30. The van der Waals surface area contributed by atoms with Crippen molar-refractivity contribution in [3.63, 3.8) is 0 Å². The fraction of sp³-hybridized carbons (Fsp3) is 0.0870. The first-order valence-electron chi connectivity index (χ1n) is 9.51. The van der Waals surface area contributed by atoms with E-state index in [2.05, 4.69) is 15.4 Å². The molecule has 4 aromatic rings. The highest BCUT2D eigenvalue weighted by Gasteiger charge is 2.20. The number of anilines is 1. The zero-order chi connectivity index (χ0) is 22.7. The largest absolute Gasteiger partial charge is 0.497 e. The molecule has 1 N–H and O–H groups in total. The van der Waals surface area contributed by atoms with Crippen molar-refractivity contribution in [3.05, 3.63) is 82.6 Å². The van der Waals surface area contributed by atoms with Crippen LogP contribution in [0.3, 0.4) is 0 Å². The third-order valence-electron chi connectivity index (χ3n) is 4.64. The molecule has 0 unspecified atom stereocenters. The Morgan fingerprint density at radius 3 is 2.19 bits per heavy atom. The van der Waals surface area contributed by atoms with Crippen LogP contribution >= 0.6 is 23.2 Å². The summed E-state index contributed by atoms with van der Waals surface area (Å²) in [5, 5.41) is 8.42. The lowest BCUT2D eigenvalue weighted by molar-refractivity contribution is 0.101. The van der Waals surface area contributed by atoms with E-state index in [1.807, 2.05) is 12.1 Å². The summed E-state index contributed by atoms with van der Waals surface area (Å²) in [5.41, 5.74) is 1.88. The van der Waals surface area contributed by atoms with Gasteiger partial charge in [-0.05, 0) is 60.7 Å². The van der Waals surface area contributed by atoms with Crippen molar-refractivity contribution in [3.8, 4) is 28.6 Å². The number of hydrogen-bond donors (Lipinski definition) is 1. The number of amides is 1. The predicted octanol–water partition coefficient (Wildman–Crippen LogP) is 5.51. The van der Waals surface area contributed by atoms with E-state index in [1.54, 1.807) is 66.4 Å². The number of carbonyl (C=O) groups excluding carboxylic acids is 1. The van der Waals surface area contributed by atoms with Crippen molar-refractivity contribution < 1.29 is 14.3 Å². The maximum Gasteiger partial charge on any atom is 0.295 e. The maximum atomic E-state index is 13.0. The molecule has 0 aliphatic rings. The van der Waals surface area contributed by atoms with Gasteiger partial charge < -0.3 is 14.8 Å². The van der Waals surface area contributed by atoms with Crippen LogP contribution < -0.4 is 14.8 Å². The SMILES string of the molecule is COc1ccc(OC)c(NC(=O)c2nc(-c3ccc(Cl)cc3)n(-c3ccc(Cl)cc3)n2)c1. The van der Waals surface area contributed by atoms with Crippen LogP contribution in [-0.4, -0.2) is 34.9 Å². The molecule has 0 bridgehead atoms. The number of hydrogen-bond acceptors (Lipinski definition) is 5. The van der Waals surface area contributed by atoms with Crippen molar-refractivity contribution in [2.24, 2.45) is 0 Å². The third-order valence-corrected chi connectivity index (χ3v) is 5.14. The Labute approximate surface area is 194 Å². The van der Waals surface area contributed by atoms with Gasteiger partial charge in [0.1, 0.15) is 11.5 Å². The highest BCUT2D eigenvalue weighted by atomic mass is 35.5. The van der Waals surface area contributed by atoms with Crippen LogP contribution in [0.2, 0.25) is 10.0 Å². The average Bonchev–Trinajstić information content (AvgIpc) is 3.25. The van der Waals surface area contributed by atoms with Crippen molar-refractivity contribution in [1.29, 1.82) is 0 Å². The molecule has 0 radical (unpaired) electrons. The number of benzene rings is 3. The van der Waals surface area contributed by atoms with Gasteiger partial charge in [0.2, 0.25) is 5.82 Å². The fourth-order valence-electron chi connectivity index (χ4n) is 3.05. The molecule has 4 rings (SSSR count). The quantitative estimate of drug-likeness (QED) is 0.403. The van der Waals surface area contributed by atoms with Crippen LogP contribution in [-0.2, 0) is 0 Å². The summed E-state index contributed by atoms with van der Waals surface area (Å²) >= 11 is 12.1. The van der Waals surface area contributed by atoms with E-state index in [4.69, 9.17) is 32.7 Å². The van der Waals surface area contributed by atoms with Gasteiger partial charge >= 0.3 is 0 Å². The van der Waals surface area contributed by atoms with Gasteiger partial charge in [0.25, 0.3) is 5.91 Å².